The van der Waals surface area contributed by atoms with Gasteiger partial charge in [-0.2, -0.15) is 10.2 Å². The first-order chi connectivity index (χ1) is 6.84. The van der Waals surface area contributed by atoms with Crippen LogP contribution in [0.1, 0.15) is 11.4 Å². The van der Waals surface area contributed by atoms with E-state index in [4.69, 9.17) is 0 Å². The summed E-state index contributed by atoms with van der Waals surface area (Å²) in [6, 6.07) is 0. The van der Waals surface area contributed by atoms with E-state index in [1.165, 1.54) is 6.33 Å². The van der Waals surface area contributed by atoms with Crippen molar-refractivity contribution in [3.8, 4) is 0 Å². The number of aromatic amines is 1. The van der Waals surface area contributed by atoms with E-state index >= 15 is 0 Å². The molecule has 0 fully saturated rings. The molecule has 2 heterocycles. The Kier molecular flexibility index (Phi) is 2.55. The van der Waals surface area contributed by atoms with Gasteiger partial charge in [0.05, 0.1) is 12.7 Å². The van der Waals surface area contributed by atoms with Gasteiger partial charge in [-0.1, -0.05) is 0 Å². The maximum atomic E-state index is 4.07. The van der Waals surface area contributed by atoms with E-state index in [1.807, 2.05) is 19.4 Å². The number of H-pyrrole nitrogens is 1. The first-order valence-electron chi connectivity index (χ1n) is 4.37. The normalized spacial score (nSPS) is 10.6. The predicted molar refractivity (Wildman–Crippen MR) is 50.1 cm³/mol. The number of hydrogen-bond acceptors (Lipinski definition) is 4. The lowest BCUT2D eigenvalue weighted by Gasteiger charge is -1.98. The Morgan fingerprint density at radius 1 is 1.50 bits per heavy atom. The molecule has 0 saturated heterocycles. The van der Waals surface area contributed by atoms with Crippen molar-refractivity contribution in [1.82, 2.24) is 30.3 Å². The molecule has 0 spiro atoms. The van der Waals surface area contributed by atoms with Crippen molar-refractivity contribution in [2.45, 2.75) is 13.1 Å². The number of nitrogens with zero attached hydrogens (tertiary/aromatic N) is 4. The van der Waals surface area contributed by atoms with Gasteiger partial charge in [0, 0.05) is 25.4 Å². The van der Waals surface area contributed by atoms with Gasteiger partial charge >= 0.3 is 0 Å². The van der Waals surface area contributed by atoms with Gasteiger partial charge in [0.1, 0.15) is 12.2 Å². The second-order valence-electron chi connectivity index (χ2n) is 3.06. The SMILES string of the molecule is Cn1cc(CNCc2ncn[nH]2)cn1. The summed E-state index contributed by atoms with van der Waals surface area (Å²) in [6.07, 6.45) is 5.32. The highest BCUT2D eigenvalue weighted by atomic mass is 15.2. The van der Waals surface area contributed by atoms with Crippen LogP contribution in [-0.2, 0) is 20.1 Å². The molecule has 2 rings (SSSR count). The van der Waals surface area contributed by atoms with Gasteiger partial charge in [-0.25, -0.2) is 4.98 Å². The molecule has 0 aliphatic rings. The third-order valence-corrected chi connectivity index (χ3v) is 1.84. The summed E-state index contributed by atoms with van der Waals surface area (Å²) < 4.78 is 1.78. The first-order valence-corrected chi connectivity index (χ1v) is 4.37. The molecule has 0 unspecified atom stereocenters. The Bertz CT molecular complexity index is 376. The Hall–Kier alpha value is -1.69. The van der Waals surface area contributed by atoms with Crippen LogP contribution in [0.4, 0.5) is 0 Å². The third-order valence-electron chi connectivity index (χ3n) is 1.84. The molecule has 2 aromatic rings. The zero-order chi connectivity index (χ0) is 9.80. The van der Waals surface area contributed by atoms with Gasteiger partial charge < -0.3 is 5.32 Å². The highest BCUT2D eigenvalue weighted by Crippen LogP contribution is 1.95. The summed E-state index contributed by atoms with van der Waals surface area (Å²) >= 11 is 0. The second-order valence-corrected chi connectivity index (χ2v) is 3.06. The standard InChI is InChI=1S/C8H12N6/c1-14-5-7(3-12-14)2-9-4-8-10-6-11-13-8/h3,5-6,9H,2,4H2,1H3,(H,10,11,13). The molecule has 2 aromatic heterocycles. The van der Waals surface area contributed by atoms with Gasteiger partial charge in [-0.15, -0.1) is 0 Å². The molecule has 0 aliphatic heterocycles. The summed E-state index contributed by atoms with van der Waals surface area (Å²) in [5, 5.41) is 13.8. The molecule has 0 amide bonds. The van der Waals surface area contributed by atoms with Crippen LogP contribution in [0.25, 0.3) is 0 Å². The monoisotopic (exact) mass is 192 g/mol. The van der Waals surface area contributed by atoms with E-state index < -0.39 is 0 Å². The molecule has 0 bridgehead atoms. The van der Waals surface area contributed by atoms with Gasteiger partial charge in [0.2, 0.25) is 0 Å². The quantitative estimate of drug-likeness (QED) is 0.705. The van der Waals surface area contributed by atoms with Crippen LogP contribution in [0.3, 0.4) is 0 Å². The van der Waals surface area contributed by atoms with Gasteiger partial charge in [0.25, 0.3) is 0 Å². The zero-order valence-corrected chi connectivity index (χ0v) is 7.94. The number of aromatic nitrogens is 5. The van der Waals surface area contributed by atoms with Crippen LogP contribution in [0.2, 0.25) is 0 Å². The van der Waals surface area contributed by atoms with Crippen molar-refractivity contribution < 1.29 is 0 Å². The fraction of sp³-hybridized carbons (Fsp3) is 0.375. The highest BCUT2D eigenvalue weighted by Gasteiger charge is 1.97. The molecule has 6 nitrogen and oxygen atoms in total. The summed E-state index contributed by atoms with van der Waals surface area (Å²) in [7, 11) is 1.90. The lowest BCUT2D eigenvalue weighted by molar-refractivity contribution is 0.664. The van der Waals surface area contributed by atoms with E-state index in [2.05, 4.69) is 25.6 Å². The zero-order valence-electron chi connectivity index (χ0n) is 7.94. The average Bonchev–Trinajstić information content (AvgIpc) is 2.77. The van der Waals surface area contributed by atoms with Crippen molar-refractivity contribution in [3.05, 3.63) is 30.1 Å². The van der Waals surface area contributed by atoms with Crippen molar-refractivity contribution in [3.63, 3.8) is 0 Å². The minimum absolute atomic E-state index is 0.689. The van der Waals surface area contributed by atoms with E-state index in [1.54, 1.807) is 4.68 Å². The molecule has 0 radical (unpaired) electrons. The predicted octanol–water partition coefficient (Wildman–Crippen LogP) is -0.172. The molecule has 2 N–H and O–H groups in total. The summed E-state index contributed by atoms with van der Waals surface area (Å²) in [6.45, 7) is 1.48. The van der Waals surface area contributed by atoms with Crippen LogP contribution in [-0.4, -0.2) is 25.0 Å². The molecule has 6 heteroatoms. The minimum atomic E-state index is 0.689. The Morgan fingerprint density at radius 2 is 2.43 bits per heavy atom. The Balaban J connectivity index is 1.78. The van der Waals surface area contributed by atoms with E-state index in [0.717, 1.165) is 17.9 Å². The Morgan fingerprint density at radius 3 is 3.07 bits per heavy atom. The van der Waals surface area contributed by atoms with Crippen LogP contribution in [0.15, 0.2) is 18.7 Å². The lowest BCUT2D eigenvalue weighted by Crippen LogP contribution is -2.13. The second kappa shape index (κ2) is 4.01. The number of aryl methyl sites for hydroxylation is 1. The summed E-state index contributed by atoms with van der Waals surface area (Å²) in [5.74, 6) is 0.842. The number of nitrogens with one attached hydrogen (secondary N) is 2. The fourth-order valence-electron chi connectivity index (χ4n) is 1.20. The molecular formula is C8H12N6. The minimum Gasteiger partial charge on any atom is -0.306 e. The molecule has 14 heavy (non-hydrogen) atoms. The van der Waals surface area contributed by atoms with Crippen molar-refractivity contribution in [2.24, 2.45) is 7.05 Å². The van der Waals surface area contributed by atoms with E-state index in [9.17, 15) is 0 Å². The maximum Gasteiger partial charge on any atom is 0.138 e. The molecular weight excluding hydrogens is 180 g/mol. The molecule has 0 saturated carbocycles. The van der Waals surface area contributed by atoms with Gasteiger partial charge in [-0.05, 0) is 0 Å². The van der Waals surface area contributed by atoms with Crippen molar-refractivity contribution in [1.29, 1.82) is 0 Å². The molecule has 74 valence electrons. The van der Waals surface area contributed by atoms with Gasteiger partial charge in [0.15, 0.2) is 0 Å². The van der Waals surface area contributed by atoms with Crippen molar-refractivity contribution in [2.75, 3.05) is 0 Å². The van der Waals surface area contributed by atoms with Crippen LogP contribution in [0.5, 0.6) is 0 Å². The van der Waals surface area contributed by atoms with Crippen molar-refractivity contribution >= 4 is 0 Å². The highest BCUT2D eigenvalue weighted by molar-refractivity contribution is 5.02. The maximum absolute atomic E-state index is 4.07. The Labute approximate surface area is 81.4 Å². The smallest absolute Gasteiger partial charge is 0.138 e. The van der Waals surface area contributed by atoms with Gasteiger partial charge in [-0.3, -0.25) is 9.78 Å². The number of rotatable bonds is 4. The average molecular weight is 192 g/mol. The lowest BCUT2D eigenvalue weighted by atomic mass is 10.3. The summed E-state index contributed by atoms with van der Waals surface area (Å²) in [5.41, 5.74) is 1.16. The van der Waals surface area contributed by atoms with E-state index in [-0.39, 0.29) is 0 Å². The molecule has 0 aromatic carbocycles. The topological polar surface area (TPSA) is 71.4 Å². The first kappa shape index (κ1) is 8.89. The van der Waals surface area contributed by atoms with E-state index in [0.29, 0.717) is 6.54 Å². The fourth-order valence-corrected chi connectivity index (χ4v) is 1.20. The molecule has 0 atom stereocenters. The third kappa shape index (κ3) is 2.17. The molecule has 0 aliphatic carbocycles. The van der Waals surface area contributed by atoms with Crippen LogP contribution >= 0.6 is 0 Å². The van der Waals surface area contributed by atoms with Crippen LogP contribution < -0.4 is 5.32 Å². The summed E-state index contributed by atoms with van der Waals surface area (Å²) in [4.78, 5) is 4.00. The largest absolute Gasteiger partial charge is 0.306 e. The van der Waals surface area contributed by atoms with Crippen LogP contribution in [0, 0.1) is 0 Å². The number of hydrogen-bond donors (Lipinski definition) is 2.